The van der Waals surface area contributed by atoms with E-state index < -0.39 is 0 Å². The highest BCUT2D eigenvalue weighted by atomic mass is 32.2. The molecule has 9 nitrogen and oxygen atoms in total. The molecule has 1 aromatic carbocycles. The molecule has 0 aliphatic heterocycles. The molecule has 25 heavy (non-hydrogen) atoms. The zero-order valence-electron chi connectivity index (χ0n) is 13.9. The summed E-state index contributed by atoms with van der Waals surface area (Å²) in [5.74, 6) is 0.718. The topological polar surface area (TPSA) is 114 Å². The first-order chi connectivity index (χ1) is 12.0. The predicted octanol–water partition coefficient (Wildman–Crippen LogP) is 1.17. The van der Waals surface area contributed by atoms with Gasteiger partial charge in [-0.05, 0) is 31.5 Å². The first-order valence-corrected chi connectivity index (χ1v) is 8.36. The second-order valence-electron chi connectivity index (χ2n) is 5.30. The van der Waals surface area contributed by atoms with Crippen LogP contribution in [0.5, 0.6) is 5.75 Å². The van der Waals surface area contributed by atoms with Crippen molar-refractivity contribution in [1.29, 1.82) is 0 Å². The van der Waals surface area contributed by atoms with Crippen LogP contribution in [0.25, 0.3) is 5.78 Å². The maximum absolute atomic E-state index is 12.2. The summed E-state index contributed by atoms with van der Waals surface area (Å²) in [6, 6.07) is 5.54. The van der Waals surface area contributed by atoms with Crippen LogP contribution in [0.1, 0.15) is 11.3 Å². The number of carbonyl (C=O) groups is 1. The average molecular weight is 360 g/mol. The number of hydrogen-bond acceptors (Lipinski definition) is 7. The number of nitrogens with zero attached hydrogens (tertiary/aromatic N) is 4. The number of hydrogen-bond donors (Lipinski definition) is 2. The molecule has 130 valence electrons. The number of aryl methyl sites for hydroxylation is 2. The normalized spacial score (nSPS) is 10.8. The number of ether oxygens (including phenoxy) is 1. The highest BCUT2D eigenvalue weighted by Crippen LogP contribution is 2.25. The lowest BCUT2D eigenvalue weighted by Gasteiger charge is -2.10. The molecule has 0 unspecified atom stereocenters. The van der Waals surface area contributed by atoms with Crippen molar-refractivity contribution in [2.75, 3.05) is 18.2 Å². The fraction of sp³-hybridized carbons (Fsp3) is 0.267. The minimum absolute atomic E-state index is 0.109. The SMILES string of the molecule is COc1ccc(C)cc1NC(=O)CSc1nnc2[nH]c(=O)c(C)nn12. The van der Waals surface area contributed by atoms with Crippen LogP contribution >= 0.6 is 11.8 Å². The minimum Gasteiger partial charge on any atom is -0.495 e. The zero-order chi connectivity index (χ0) is 18.0. The van der Waals surface area contributed by atoms with Gasteiger partial charge in [-0.25, -0.2) is 0 Å². The van der Waals surface area contributed by atoms with Crippen molar-refractivity contribution >= 4 is 29.1 Å². The highest BCUT2D eigenvalue weighted by molar-refractivity contribution is 7.99. The van der Waals surface area contributed by atoms with Gasteiger partial charge >= 0.3 is 0 Å². The van der Waals surface area contributed by atoms with Crippen LogP contribution in [-0.2, 0) is 4.79 Å². The molecule has 0 aliphatic rings. The van der Waals surface area contributed by atoms with Crippen LogP contribution in [0.3, 0.4) is 0 Å². The maximum Gasteiger partial charge on any atom is 0.273 e. The molecule has 0 atom stereocenters. The average Bonchev–Trinajstić information content (AvgIpc) is 2.95. The number of aromatic nitrogens is 5. The van der Waals surface area contributed by atoms with Gasteiger partial charge in [0.15, 0.2) is 0 Å². The van der Waals surface area contributed by atoms with Gasteiger partial charge in [-0.3, -0.25) is 14.6 Å². The van der Waals surface area contributed by atoms with Crippen molar-refractivity contribution < 1.29 is 9.53 Å². The van der Waals surface area contributed by atoms with Crippen LogP contribution in [0.2, 0.25) is 0 Å². The summed E-state index contributed by atoms with van der Waals surface area (Å²) in [4.78, 5) is 26.3. The third kappa shape index (κ3) is 3.63. The minimum atomic E-state index is -0.319. The van der Waals surface area contributed by atoms with Gasteiger partial charge in [-0.2, -0.15) is 9.61 Å². The van der Waals surface area contributed by atoms with E-state index in [1.54, 1.807) is 20.1 Å². The molecule has 0 spiro atoms. The lowest BCUT2D eigenvalue weighted by molar-refractivity contribution is -0.113. The molecule has 1 amide bonds. The number of aromatic amines is 1. The van der Waals surface area contributed by atoms with Crippen molar-refractivity contribution in [3.63, 3.8) is 0 Å². The number of methoxy groups -OCH3 is 1. The Kier molecular flexibility index (Phi) is 4.70. The summed E-state index contributed by atoms with van der Waals surface area (Å²) in [5, 5.41) is 15.1. The van der Waals surface area contributed by atoms with E-state index in [4.69, 9.17) is 4.74 Å². The number of fused-ring (bicyclic) bond motifs is 1. The molecular formula is C15H16N6O3S. The Morgan fingerprint density at radius 1 is 1.36 bits per heavy atom. The zero-order valence-corrected chi connectivity index (χ0v) is 14.7. The lowest BCUT2D eigenvalue weighted by atomic mass is 10.2. The molecule has 2 heterocycles. The standard InChI is InChI=1S/C15H16N6O3S/c1-8-4-5-11(24-3)10(6-8)16-12(22)7-25-15-19-18-14-17-13(23)9(2)20-21(14)15/h4-6H,7H2,1-3H3,(H,16,22)(H,17,18,23). The molecule has 0 radical (unpaired) electrons. The van der Waals surface area contributed by atoms with Gasteiger partial charge in [0.1, 0.15) is 11.4 Å². The number of benzene rings is 1. The highest BCUT2D eigenvalue weighted by Gasteiger charge is 2.13. The Balaban J connectivity index is 1.72. The number of nitrogens with one attached hydrogen (secondary N) is 2. The Labute approximate surface area is 146 Å². The van der Waals surface area contributed by atoms with E-state index >= 15 is 0 Å². The summed E-state index contributed by atoms with van der Waals surface area (Å²) in [6.07, 6.45) is 0. The summed E-state index contributed by atoms with van der Waals surface area (Å²) < 4.78 is 6.65. The Hall–Kier alpha value is -2.88. The molecule has 0 saturated carbocycles. The quantitative estimate of drug-likeness (QED) is 0.656. The molecule has 2 aromatic heterocycles. The Bertz CT molecular complexity index is 997. The van der Waals surface area contributed by atoms with Gasteiger partial charge in [-0.1, -0.05) is 17.8 Å². The van der Waals surface area contributed by atoms with Crippen LogP contribution in [0, 0.1) is 13.8 Å². The predicted molar refractivity (Wildman–Crippen MR) is 93.2 cm³/mol. The van der Waals surface area contributed by atoms with Crippen molar-refractivity contribution in [2.45, 2.75) is 19.0 Å². The number of amides is 1. The number of H-pyrrole nitrogens is 1. The molecule has 2 N–H and O–H groups in total. The van der Waals surface area contributed by atoms with E-state index in [9.17, 15) is 9.59 Å². The first kappa shape index (κ1) is 17.0. The second kappa shape index (κ2) is 6.93. The van der Waals surface area contributed by atoms with Crippen molar-refractivity contribution in [1.82, 2.24) is 24.8 Å². The van der Waals surface area contributed by atoms with Gasteiger partial charge in [0.2, 0.25) is 11.1 Å². The molecule has 3 aromatic rings. The third-order valence-corrected chi connectivity index (χ3v) is 4.30. The maximum atomic E-state index is 12.2. The summed E-state index contributed by atoms with van der Waals surface area (Å²) >= 11 is 1.17. The van der Waals surface area contributed by atoms with Gasteiger partial charge in [0.05, 0.1) is 18.6 Å². The Morgan fingerprint density at radius 2 is 2.16 bits per heavy atom. The third-order valence-electron chi connectivity index (χ3n) is 3.38. The lowest BCUT2D eigenvalue weighted by Crippen LogP contribution is -2.17. The van der Waals surface area contributed by atoms with Crippen molar-refractivity contribution in [3.05, 3.63) is 39.8 Å². The van der Waals surface area contributed by atoms with E-state index in [-0.39, 0.29) is 23.0 Å². The van der Waals surface area contributed by atoms with Crippen LogP contribution in [0.4, 0.5) is 5.69 Å². The number of rotatable bonds is 5. The van der Waals surface area contributed by atoms with Gasteiger partial charge < -0.3 is 10.1 Å². The Morgan fingerprint density at radius 3 is 2.92 bits per heavy atom. The van der Waals surface area contributed by atoms with Gasteiger partial charge in [0, 0.05) is 0 Å². The summed E-state index contributed by atoms with van der Waals surface area (Å²) in [6.45, 7) is 3.52. The van der Waals surface area contributed by atoms with Crippen LogP contribution < -0.4 is 15.6 Å². The van der Waals surface area contributed by atoms with E-state index in [1.807, 2.05) is 19.1 Å². The van der Waals surface area contributed by atoms with Crippen molar-refractivity contribution in [2.24, 2.45) is 0 Å². The van der Waals surface area contributed by atoms with Gasteiger partial charge in [-0.15, -0.1) is 10.2 Å². The summed E-state index contributed by atoms with van der Waals surface area (Å²) in [7, 11) is 1.55. The second-order valence-corrected chi connectivity index (χ2v) is 6.24. The molecule has 0 aliphatic carbocycles. The molecule has 0 fully saturated rings. The number of carbonyl (C=O) groups excluding carboxylic acids is 1. The van der Waals surface area contributed by atoms with Crippen LogP contribution in [0.15, 0.2) is 28.2 Å². The van der Waals surface area contributed by atoms with Crippen LogP contribution in [-0.4, -0.2) is 43.6 Å². The molecular weight excluding hydrogens is 344 g/mol. The number of anilines is 1. The monoisotopic (exact) mass is 360 g/mol. The largest absolute Gasteiger partial charge is 0.495 e. The van der Waals surface area contributed by atoms with Gasteiger partial charge in [0.25, 0.3) is 11.3 Å². The summed E-state index contributed by atoms with van der Waals surface area (Å²) in [5.41, 5.74) is 1.59. The molecule has 10 heteroatoms. The fourth-order valence-corrected chi connectivity index (χ4v) is 2.83. The fourth-order valence-electron chi connectivity index (χ4n) is 2.15. The molecule has 0 bridgehead atoms. The van der Waals surface area contributed by atoms with E-state index in [0.717, 1.165) is 5.56 Å². The van der Waals surface area contributed by atoms with Crippen molar-refractivity contribution in [3.8, 4) is 5.75 Å². The smallest absolute Gasteiger partial charge is 0.273 e. The molecule has 3 rings (SSSR count). The van der Waals surface area contributed by atoms with E-state index in [0.29, 0.717) is 22.3 Å². The first-order valence-electron chi connectivity index (χ1n) is 7.37. The van der Waals surface area contributed by atoms with E-state index in [2.05, 4.69) is 25.6 Å². The number of thioether (sulfide) groups is 1. The molecule has 0 saturated heterocycles. The van der Waals surface area contributed by atoms with E-state index in [1.165, 1.54) is 16.3 Å².